The van der Waals surface area contributed by atoms with Crippen LogP contribution in [0.25, 0.3) is 0 Å². The number of hydrogen-bond acceptors (Lipinski definition) is 4. The first-order chi connectivity index (χ1) is 14.5. The summed E-state index contributed by atoms with van der Waals surface area (Å²) < 4.78 is 97.0. The van der Waals surface area contributed by atoms with Gasteiger partial charge in [0, 0.05) is 26.2 Å². The summed E-state index contributed by atoms with van der Waals surface area (Å²) in [6.45, 7) is 2.43. The van der Waals surface area contributed by atoms with Crippen molar-refractivity contribution in [2.75, 3.05) is 26.2 Å². The number of hydrogen-bond donors (Lipinski definition) is 1. The van der Waals surface area contributed by atoms with Gasteiger partial charge >= 0.3 is 18.9 Å². The maximum Gasteiger partial charge on any atom is 0.573 e. The van der Waals surface area contributed by atoms with E-state index in [9.17, 15) is 30.7 Å². The standard InChI is InChI=1S/C20H19F7N2O2.2ClH/c21-18(22)19(23,24)30-16-3-1-2-14(12-16)17(29-10-8-28-9-11-29)13-4-6-15(7-5-13)31-20(25,26)27;;/h1-7,12,17-18,28H,8-11H2;2*1H/t17-;;/m1../s1. The SMILES string of the molecule is Cl.Cl.FC(F)C(F)(F)Oc1cccc([C@@H](c2ccc(OC(F)(F)F)cc2)N2CCNCC2)c1. The lowest BCUT2D eigenvalue weighted by molar-refractivity contribution is -0.274. The van der Waals surface area contributed by atoms with Crippen molar-refractivity contribution >= 4 is 24.8 Å². The van der Waals surface area contributed by atoms with Crippen LogP contribution in [0, 0.1) is 0 Å². The Balaban J connectivity index is 0.00000272. The predicted molar refractivity (Wildman–Crippen MR) is 112 cm³/mol. The minimum Gasteiger partial charge on any atom is -0.428 e. The Morgan fingerprint density at radius 2 is 1.39 bits per heavy atom. The smallest absolute Gasteiger partial charge is 0.428 e. The molecule has 0 saturated carbocycles. The van der Waals surface area contributed by atoms with E-state index in [1.165, 1.54) is 24.3 Å². The number of ether oxygens (including phenoxy) is 2. The van der Waals surface area contributed by atoms with Gasteiger partial charge < -0.3 is 14.8 Å². The number of alkyl halides is 7. The molecular weight excluding hydrogens is 504 g/mol. The molecule has 1 heterocycles. The Kier molecular flexibility index (Phi) is 10.5. The van der Waals surface area contributed by atoms with Crippen molar-refractivity contribution in [1.29, 1.82) is 0 Å². The second-order valence-corrected chi connectivity index (χ2v) is 6.84. The molecule has 1 atom stereocenters. The highest BCUT2D eigenvalue weighted by atomic mass is 35.5. The van der Waals surface area contributed by atoms with Crippen molar-refractivity contribution in [3.05, 3.63) is 59.7 Å². The molecular formula is C20H21Cl2F7N2O2. The summed E-state index contributed by atoms with van der Waals surface area (Å²) in [7, 11) is 0. The summed E-state index contributed by atoms with van der Waals surface area (Å²) in [5, 5.41) is 3.17. The first-order valence-corrected chi connectivity index (χ1v) is 9.30. The molecule has 1 N–H and O–H groups in total. The first-order valence-electron chi connectivity index (χ1n) is 9.30. The first kappa shape index (κ1) is 29.1. The van der Waals surface area contributed by atoms with Crippen LogP contribution >= 0.6 is 24.8 Å². The van der Waals surface area contributed by atoms with E-state index >= 15 is 0 Å². The number of halogens is 9. The molecule has 1 aliphatic heterocycles. The molecule has 2 aromatic carbocycles. The van der Waals surface area contributed by atoms with Crippen molar-refractivity contribution < 1.29 is 40.2 Å². The second-order valence-electron chi connectivity index (χ2n) is 6.84. The van der Waals surface area contributed by atoms with Gasteiger partial charge in [-0.2, -0.15) is 17.6 Å². The molecule has 0 aromatic heterocycles. The molecule has 0 aliphatic carbocycles. The Hall–Kier alpha value is -1.95. The maximum atomic E-state index is 13.3. The molecule has 186 valence electrons. The van der Waals surface area contributed by atoms with E-state index in [4.69, 9.17) is 0 Å². The Bertz CT molecular complexity index is 864. The van der Waals surface area contributed by atoms with Crippen molar-refractivity contribution in [2.24, 2.45) is 0 Å². The van der Waals surface area contributed by atoms with Crippen LogP contribution in [-0.4, -0.2) is 50.0 Å². The molecule has 4 nitrogen and oxygen atoms in total. The van der Waals surface area contributed by atoms with Gasteiger partial charge in [-0.3, -0.25) is 4.90 Å². The summed E-state index contributed by atoms with van der Waals surface area (Å²) >= 11 is 0. The minimum absolute atomic E-state index is 0. The average Bonchev–Trinajstić information content (AvgIpc) is 2.69. The summed E-state index contributed by atoms with van der Waals surface area (Å²) in [6, 6.07) is 10.0. The molecule has 0 radical (unpaired) electrons. The monoisotopic (exact) mass is 524 g/mol. The molecule has 2 aromatic rings. The largest absolute Gasteiger partial charge is 0.573 e. The van der Waals surface area contributed by atoms with E-state index in [1.54, 1.807) is 6.07 Å². The summed E-state index contributed by atoms with van der Waals surface area (Å²) in [5.41, 5.74) is 1.04. The van der Waals surface area contributed by atoms with E-state index in [0.29, 0.717) is 37.3 Å². The van der Waals surface area contributed by atoms with Crippen molar-refractivity contribution in [2.45, 2.75) is 24.9 Å². The highest BCUT2D eigenvalue weighted by Crippen LogP contribution is 2.34. The maximum absolute atomic E-state index is 13.3. The van der Waals surface area contributed by atoms with Crippen LogP contribution < -0.4 is 14.8 Å². The molecule has 0 bridgehead atoms. The number of nitrogens with one attached hydrogen (secondary N) is 1. The molecule has 1 saturated heterocycles. The third kappa shape index (κ3) is 8.09. The lowest BCUT2D eigenvalue weighted by Gasteiger charge is -2.35. The highest BCUT2D eigenvalue weighted by molar-refractivity contribution is 5.85. The summed E-state index contributed by atoms with van der Waals surface area (Å²) in [6.07, 6.45) is -13.5. The van der Waals surface area contributed by atoms with Crippen LogP contribution in [-0.2, 0) is 0 Å². The van der Waals surface area contributed by atoms with Gasteiger partial charge in [-0.25, -0.2) is 0 Å². The Morgan fingerprint density at radius 1 is 0.788 bits per heavy atom. The lowest BCUT2D eigenvalue weighted by Crippen LogP contribution is -2.45. The van der Waals surface area contributed by atoms with Crippen LogP contribution in [0.3, 0.4) is 0 Å². The third-order valence-corrected chi connectivity index (χ3v) is 4.63. The molecule has 3 rings (SSSR count). The van der Waals surface area contributed by atoms with E-state index in [-0.39, 0.29) is 24.8 Å². The zero-order valence-corrected chi connectivity index (χ0v) is 18.5. The molecule has 33 heavy (non-hydrogen) atoms. The summed E-state index contributed by atoms with van der Waals surface area (Å²) in [5.74, 6) is -0.844. The van der Waals surface area contributed by atoms with Crippen molar-refractivity contribution in [3.8, 4) is 11.5 Å². The summed E-state index contributed by atoms with van der Waals surface area (Å²) in [4.78, 5) is 2.00. The number of nitrogens with zero attached hydrogens (tertiary/aromatic N) is 1. The van der Waals surface area contributed by atoms with Gasteiger partial charge in [-0.05, 0) is 35.4 Å². The van der Waals surface area contributed by atoms with E-state index < -0.39 is 36.4 Å². The fraction of sp³-hybridized carbons (Fsp3) is 0.400. The topological polar surface area (TPSA) is 33.7 Å². The van der Waals surface area contributed by atoms with E-state index in [2.05, 4.69) is 14.8 Å². The van der Waals surface area contributed by atoms with Crippen molar-refractivity contribution in [3.63, 3.8) is 0 Å². The van der Waals surface area contributed by atoms with Gasteiger partial charge in [0.05, 0.1) is 6.04 Å². The van der Waals surface area contributed by atoms with Crippen molar-refractivity contribution in [1.82, 2.24) is 10.2 Å². The molecule has 0 unspecified atom stereocenters. The van der Waals surface area contributed by atoms with Crippen LogP contribution in [0.15, 0.2) is 48.5 Å². The zero-order chi connectivity index (χ0) is 22.6. The van der Waals surface area contributed by atoms with Crippen LogP contribution in [0.2, 0.25) is 0 Å². The highest BCUT2D eigenvalue weighted by Gasteiger charge is 2.44. The lowest BCUT2D eigenvalue weighted by atomic mass is 9.96. The van der Waals surface area contributed by atoms with Gasteiger partial charge in [0.2, 0.25) is 0 Å². The zero-order valence-electron chi connectivity index (χ0n) is 16.8. The van der Waals surface area contributed by atoms with Gasteiger partial charge in [-0.1, -0.05) is 24.3 Å². The van der Waals surface area contributed by atoms with Gasteiger partial charge in [0.15, 0.2) is 0 Å². The van der Waals surface area contributed by atoms with E-state index in [0.717, 1.165) is 18.2 Å². The molecule has 1 fully saturated rings. The fourth-order valence-corrected chi connectivity index (χ4v) is 3.36. The predicted octanol–water partition coefficient (Wildman–Crippen LogP) is 5.66. The minimum atomic E-state index is -4.83. The van der Waals surface area contributed by atoms with Crippen LogP contribution in [0.5, 0.6) is 11.5 Å². The number of rotatable bonds is 7. The average molecular weight is 525 g/mol. The number of piperazine rings is 1. The van der Waals surface area contributed by atoms with Gasteiger partial charge in [0.1, 0.15) is 11.5 Å². The molecule has 0 spiro atoms. The Labute approximate surface area is 197 Å². The van der Waals surface area contributed by atoms with E-state index in [1.807, 2.05) is 4.90 Å². The van der Waals surface area contributed by atoms with Gasteiger partial charge in [-0.15, -0.1) is 38.0 Å². The fourth-order valence-electron chi connectivity index (χ4n) is 3.36. The number of benzene rings is 2. The van der Waals surface area contributed by atoms with Gasteiger partial charge in [0.25, 0.3) is 0 Å². The quantitative estimate of drug-likeness (QED) is 0.474. The Morgan fingerprint density at radius 3 is 1.94 bits per heavy atom. The molecule has 0 amide bonds. The second kappa shape index (κ2) is 12.0. The normalized spacial score (nSPS) is 15.9. The third-order valence-electron chi connectivity index (χ3n) is 4.63. The molecule has 13 heteroatoms. The molecule has 1 aliphatic rings. The van der Waals surface area contributed by atoms with Crippen LogP contribution in [0.1, 0.15) is 17.2 Å². The van der Waals surface area contributed by atoms with Crippen LogP contribution in [0.4, 0.5) is 30.7 Å².